The van der Waals surface area contributed by atoms with Crippen LogP contribution in [0.15, 0.2) is 24.3 Å². The lowest BCUT2D eigenvalue weighted by molar-refractivity contribution is -0.176. The number of benzene rings is 1. The first-order valence-corrected chi connectivity index (χ1v) is 9.90. The smallest absolute Gasteiger partial charge is 0.343 e. The number of piperidine rings is 1. The van der Waals surface area contributed by atoms with Crippen molar-refractivity contribution in [3.8, 4) is 0 Å². The molecule has 0 radical (unpaired) electrons. The van der Waals surface area contributed by atoms with Crippen LogP contribution in [-0.4, -0.2) is 47.9 Å². The van der Waals surface area contributed by atoms with Gasteiger partial charge in [-0.25, -0.2) is 13.6 Å². The van der Waals surface area contributed by atoms with Crippen LogP contribution < -0.4 is 0 Å². The third-order valence-electron chi connectivity index (χ3n) is 5.87. The number of rotatable bonds is 6. The molecule has 2 unspecified atom stereocenters. The van der Waals surface area contributed by atoms with Gasteiger partial charge in [-0.3, -0.25) is 5.41 Å². The Hall–Kier alpha value is -1.73. The molecule has 2 fully saturated rings. The van der Waals surface area contributed by atoms with E-state index in [2.05, 4.69) is 0 Å². The van der Waals surface area contributed by atoms with Crippen LogP contribution in [0.1, 0.15) is 37.7 Å². The van der Waals surface area contributed by atoms with Crippen molar-refractivity contribution in [1.29, 1.82) is 5.41 Å². The molecule has 1 aromatic rings. The molecular weight excluding hydrogens is 390 g/mol. The van der Waals surface area contributed by atoms with Gasteiger partial charge in [0, 0.05) is 36.9 Å². The second-order valence-corrected chi connectivity index (χ2v) is 8.21. The Balaban J connectivity index is 1.74. The first-order chi connectivity index (χ1) is 13.2. The minimum atomic E-state index is -2.90. The summed E-state index contributed by atoms with van der Waals surface area (Å²) in [5.74, 6) is -4.58. The third-order valence-corrected chi connectivity index (χ3v) is 6.12. The monoisotopic (exact) mass is 414 g/mol. The molecule has 0 amide bonds. The van der Waals surface area contributed by atoms with Crippen LogP contribution >= 0.6 is 11.6 Å². The highest BCUT2D eigenvalue weighted by Gasteiger charge is 2.54. The fourth-order valence-electron chi connectivity index (χ4n) is 4.08. The predicted molar refractivity (Wildman–Crippen MR) is 102 cm³/mol. The molecule has 1 saturated carbocycles. The fraction of sp³-hybridized carbons (Fsp3) is 0.600. The quantitative estimate of drug-likeness (QED) is 0.421. The van der Waals surface area contributed by atoms with Crippen LogP contribution in [-0.2, 0) is 15.1 Å². The van der Waals surface area contributed by atoms with Crippen molar-refractivity contribution in [2.24, 2.45) is 11.8 Å². The minimum Gasteiger partial charge on any atom is -0.463 e. The Bertz CT molecular complexity index is 708. The number of halogens is 3. The minimum absolute atomic E-state index is 0.0406. The lowest BCUT2D eigenvalue weighted by atomic mass is 9.80. The van der Waals surface area contributed by atoms with Crippen LogP contribution in [0.3, 0.4) is 0 Å². The highest BCUT2D eigenvalue weighted by atomic mass is 35.5. The summed E-state index contributed by atoms with van der Waals surface area (Å²) < 4.78 is 33.1. The van der Waals surface area contributed by atoms with Crippen LogP contribution in [0.5, 0.6) is 0 Å². The summed E-state index contributed by atoms with van der Waals surface area (Å²) >= 11 is 5.90. The molecule has 2 aliphatic rings. The van der Waals surface area contributed by atoms with Crippen molar-refractivity contribution in [2.45, 2.75) is 43.6 Å². The highest BCUT2D eigenvalue weighted by molar-refractivity contribution is 6.30. The number of hydrogen-bond acceptors (Lipinski definition) is 4. The summed E-state index contributed by atoms with van der Waals surface area (Å²) in [5, 5.41) is 19.0. The van der Waals surface area contributed by atoms with Crippen LogP contribution in [0.4, 0.5) is 8.78 Å². The van der Waals surface area contributed by atoms with Crippen molar-refractivity contribution in [3.05, 3.63) is 34.9 Å². The van der Waals surface area contributed by atoms with Gasteiger partial charge in [0.15, 0.2) is 5.60 Å². The molecule has 8 heteroatoms. The molecule has 2 N–H and O–H groups in total. The number of nitrogens with zero attached hydrogens (tertiary/aromatic N) is 1. The predicted octanol–water partition coefficient (Wildman–Crippen LogP) is 3.83. The van der Waals surface area contributed by atoms with Crippen molar-refractivity contribution >= 4 is 23.9 Å². The Labute approximate surface area is 168 Å². The molecule has 0 spiro atoms. The topological polar surface area (TPSA) is 73.6 Å². The van der Waals surface area contributed by atoms with E-state index in [4.69, 9.17) is 21.7 Å². The van der Waals surface area contributed by atoms with E-state index < -0.39 is 29.8 Å². The average molecular weight is 415 g/mol. The molecule has 2 atom stereocenters. The molecule has 0 bridgehead atoms. The molecule has 1 aliphatic heterocycles. The highest BCUT2D eigenvalue weighted by Crippen LogP contribution is 2.48. The largest absolute Gasteiger partial charge is 0.463 e. The summed E-state index contributed by atoms with van der Waals surface area (Å²) in [6.45, 7) is 1.55. The van der Waals surface area contributed by atoms with Crippen LogP contribution in [0, 0.1) is 17.2 Å². The van der Waals surface area contributed by atoms with Crippen molar-refractivity contribution in [3.63, 3.8) is 0 Å². The Kier molecular flexibility index (Phi) is 6.25. The number of aliphatic hydroxyl groups is 1. The van der Waals surface area contributed by atoms with Crippen molar-refractivity contribution < 1.29 is 23.4 Å². The summed E-state index contributed by atoms with van der Waals surface area (Å²) in [4.78, 5) is 14.8. The zero-order valence-electron chi connectivity index (χ0n) is 15.5. The SMILES string of the molecule is N=CN1CCC(COC(=O)C(O)(c2ccc(Cl)cc2)C2CCC(F)(F)C2)CC1. The summed E-state index contributed by atoms with van der Waals surface area (Å²) in [5.41, 5.74) is -1.90. The molecule has 28 heavy (non-hydrogen) atoms. The number of likely N-dealkylation sites (tertiary alicyclic amines) is 1. The van der Waals surface area contributed by atoms with E-state index in [1.54, 1.807) is 0 Å². The van der Waals surface area contributed by atoms with Gasteiger partial charge >= 0.3 is 5.97 Å². The molecule has 1 aromatic carbocycles. The number of nitrogens with one attached hydrogen (secondary N) is 1. The lowest BCUT2D eigenvalue weighted by Crippen LogP contribution is -2.45. The van der Waals surface area contributed by atoms with E-state index in [0.717, 1.165) is 12.8 Å². The molecule has 0 aromatic heterocycles. The fourth-order valence-corrected chi connectivity index (χ4v) is 4.21. The van der Waals surface area contributed by atoms with Gasteiger partial charge < -0.3 is 14.7 Å². The van der Waals surface area contributed by atoms with Gasteiger partial charge in [0.1, 0.15) is 0 Å². The number of carbonyl (C=O) groups excluding carboxylic acids is 1. The average Bonchev–Trinajstić information content (AvgIpc) is 3.06. The second-order valence-electron chi connectivity index (χ2n) is 7.78. The van der Waals surface area contributed by atoms with E-state index >= 15 is 0 Å². The zero-order chi connectivity index (χ0) is 20.4. The summed E-state index contributed by atoms with van der Waals surface area (Å²) in [6.07, 6.45) is 1.95. The molecule has 1 saturated heterocycles. The van der Waals surface area contributed by atoms with E-state index in [0.29, 0.717) is 18.1 Å². The molecule has 3 rings (SSSR count). The lowest BCUT2D eigenvalue weighted by Gasteiger charge is -2.34. The maximum absolute atomic E-state index is 13.8. The van der Waals surface area contributed by atoms with E-state index in [1.807, 2.05) is 4.90 Å². The van der Waals surface area contributed by atoms with Gasteiger partial charge in [-0.15, -0.1) is 0 Å². The number of ether oxygens (including phenoxy) is 1. The van der Waals surface area contributed by atoms with E-state index in [-0.39, 0.29) is 30.9 Å². The van der Waals surface area contributed by atoms with Gasteiger partial charge in [0.2, 0.25) is 5.92 Å². The third kappa shape index (κ3) is 4.46. The standard InChI is InChI=1S/C20H25ClF2N2O3/c21-17-3-1-15(2-4-17)20(27,16-5-8-19(22,23)11-16)18(26)28-12-14-6-9-25(13-24)10-7-14/h1-4,13-14,16,24,27H,5-12H2. The maximum Gasteiger partial charge on any atom is 0.343 e. The van der Waals surface area contributed by atoms with Crippen LogP contribution in [0.2, 0.25) is 5.02 Å². The molecule has 1 heterocycles. The molecular formula is C20H25ClF2N2O3. The molecule has 1 aliphatic carbocycles. The molecule has 154 valence electrons. The van der Waals surface area contributed by atoms with Gasteiger partial charge in [-0.05, 0) is 42.9 Å². The normalized spacial score (nSPS) is 24.6. The Morgan fingerprint density at radius 3 is 2.50 bits per heavy atom. The van der Waals surface area contributed by atoms with Crippen molar-refractivity contribution in [2.75, 3.05) is 19.7 Å². The second kappa shape index (κ2) is 8.33. The first kappa shape index (κ1) is 21.0. The number of alkyl halides is 2. The summed E-state index contributed by atoms with van der Waals surface area (Å²) in [7, 11) is 0. The van der Waals surface area contributed by atoms with Crippen molar-refractivity contribution in [1.82, 2.24) is 4.90 Å². The van der Waals surface area contributed by atoms with E-state index in [1.165, 1.54) is 30.6 Å². The first-order valence-electron chi connectivity index (χ1n) is 9.53. The summed E-state index contributed by atoms with van der Waals surface area (Å²) in [6, 6.07) is 6.02. The van der Waals surface area contributed by atoms with Gasteiger partial charge in [0.25, 0.3) is 0 Å². The Morgan fingerprint density at radius 2 is 1.96 bits per heavy atom. The van der Waals surface area contributed by atoms with Crippen LogP contribution in [0.25, 0.3) is 0 Å². The van der Waals surface area contributed by atoms with Gasteiger partial charge in [-0.1, -0.05) is 23.7 Å². The van der Waals surface area contributed by atoms with E-state index in [9.17, 15) is 18.7 Å². The number of esters is 1. The zero-order valence-corrected chi connectivity index (χ0v) is 16.3. The Morgan fingerprint density at radius 1 is 1.32 bits per heavy atom. The molecule has 5 nitrogen and oxygen atoms in total. The van der Waals surface area contributed by atoms with Gasteiger partial charge in [-0.2, -0.15) is 0 Å². The number of hydrogen-bond donors (Lipinski definition) is 2. The maximum atomic E-state index is 13.8. The number of carbonyl (C=O) groups is 1. The van der Waals surface area contributed by atoms with Gasteiger partial charge in [0.05, 0.1) is 12.9 Å².